The van der Waals surface area contributed by atoms with E-state index in [4.69, 9.17) is 0 Å². The van der Waals surface area contributed by atoms with Crippen LogP contribution in [0.4, 0.5) is 5.69 Å². The Morgan fingerprint density at radius 2 is 1.79 bits per heavy atom. The Labute approximate surface area is 193 Å². The first-order valence-corrected chi connectivity index (χ1v) is 12.5. The van der Waals surface area contributed by atoms with E-state index in [0.717, 1.165) is 24.0 Å². The first kappa shape index (κ1) is 24.4. The largest absolute Gasteiger partial charge is 0.492 e. The molecule has 2 N–H and O–H groups in total. The zero-order chi connectivity index (χ0) is 24.0. The standard InChI is InChI=1S/C23H29N5O4S/c1-4-5-11-20-26-22(29)21(23(30)28(20)17(3)18-9-7-6-8-10-18)27-33(31,32)13-12-19-24-14-16(2)15-25-19/h6-10,14-15,17,27,29H,4-5,11-13H2,1-3H3/t17-/m0/s1. The summed E-state index contributed by atoms with van der Waals surface area (Å²) in [5.74, 6) is -0.191. The molecule has 176 valence electrons. The number of unbranched alkanes of at least 4 members (excludes halogenated alkanes) is 1. The van der Waals surface area contributed by atoms with Gasteiger partial charge in [-0.1, -0.05) is 43.7 Å². The fraction of sp³-hybridized carbons (Fsp3) is 0.391. The van der Waals surface area contributed by atoms with Crippen LogP contribution in [0.15, 0.2) is 47.5 Å². The third-order valence-electron chi connectivity index (χ3n) is 5.28. The predicted molar refractivity (Wildman–Crippen MR) is 127 cm³/mol. The summed E-state index contributed by atoms with van der Waals surface area (Å²) in [5.41, 5.74) is 0.644. The van der Waals surface area contributed by atoms with Gasteiger partial charge in [0.25, 0.3) is 5.56 Å². The van der Waals surface area contributed by atoms with Gasteiger partial charge in [0.15, 0.2) is 5.69 Å². The van der Waals surface area contributed by atoms with E-state index in [0.29, 0.717) is 18.1 Å². The average molecular weight is 472 g/mol. The minimum atomic E-state index is -3.97. The molecule has 2 heterocycles. The van der Waals surface area contributed by atoms with Gasteiger partial charge < -0.3 is 5.11 Å². The lowest BCUT2D eigenvalue weighted by Gasteiger charge is -2.21. The molecule has 0 amide bonds. The number of hydrogen-bond acceptors (Lipinski definition) is 7. The molecule has 0 bridgehead atoms. The van der Waals surface area contributed by atoms with Gasteiger partial charge in [-0.25, -0.2) is 18.4 Å². The normalized spacial score (nSPS) is 12.5. The summed E-state index contributed by atoms with van der Waals surface area (Å²) in [5, 5.41) is 10.5. The van der Waals surface area contributed by atoms with E-state index in [1.165, 1.54) is 4.57 Å². The van der Waals surface area contributed by atoms with Gasteiger partial charge in [0.2, 0.25) is 15.9 Å². The van der Waals surface area contributed by atoms with Gasteiger partial charge in [-0.3, -0.25) is 14.1 Å². The van der Waals surface area contributed by atoms with Crippen molar-refractivity contribution in [3.63, 3.8) is 0 Å². The first-order chi connectivity index (χ1) is 15.7. The third-order valence-corrected chi connectivity index (χ3v) is 6.54. The Morgan fingerprint density at radius 3 is 2.42 bits per heavy atom. The number of aromatic nitrogens is 4. The van der Waals surface area contributed by atoms with E-state index >= 15 is 0 Å². The Balaban J connectivity index is 1.94. The van der Waals surface area contributed by atoms with Crippen molar-refractivity contribution in [1.82, 2.24) is 19.5 Å². The van der Waals surface area contributed by atoms with Crippen molar-refractivity contribution in [2.24, 2.45) is 0 Å². The van der Waals surface area contributed by atoms with Crippen LogP contribution in [0.1, 0.15) is 55.5 Å². The molecule has 2 aromatic heterocycles. The zero-order valence-corrected chi connectivity index (χ0v) is 19.8. The summed E-state index contributed by atoms with van der Waals surface area (Å²) in [4.78, 5) is 25.8. The Morgan fingerprint density at radius 1 is 1.12 bits per heavy atom. The molecule has 1 aromatic carbocycles. The lowest BCUT2D eigenvalue weighted by atomic mass is 10.1. The quantitative estimate of drug-likeness (QED) is 0.465. The molecule has 0 saturated heterocycles. The average Bonchev–Trinajstić information content (AvgIpc) is 2.80. The van der Waals surface area contributed by atoms with Crippen molar-refractivity contribution in [3.8, 4) is 5.88 Å². The summed E-state index contributed by atoms with van der Waals surface area (Å²) in [6.07, 6.45) is 5.41. The monoisotopic (exact) mass is 471 g/mol. The van der Waals surface area contributed by atoms with Gasteiger partial charge in [-0.15, -0.1) is 0 Å². The van der Waals surface area contributed by atoms with Crippen molar-refractivity contribution in [3.05, 3.63) is 75.9 Å². The molecule has 3 rings (SSSR count). The van der Waals surface area contributed by atoms with Crippen LogP contribution in [-0.2, 0) is 22.9 Å². The summed E-state index contributed by atoms with van der Waals surface area (Å²) in [6, 6.07) is 8.99. The highest BCUT2D eigenvalue weighted by Crippen LogP contribution is 2.24. The van der Waals surface area contributed by atoms with E-state index in [2.05, 4.69) is 19.7 Å². The second-order valence-electron chi connectivity index (χ2n) is 7.94. The number of sulfonamides is 1. The molecule has 0 saturated carbocycles. The molecule has 1 atom stereocenters. The van der Waals surface area contributed by atoms with E-state index < -0.39 is 33.2 Å². The van der Waals surface area contributed by atoms with E-state index in [1.807, 2.05) is 51.1 Å². The maximum Gasteiger partial charge on any atom is 0.282 e. The van der Waals surface area contributed by atoms with Crippen LogP contribution >= 0.6 is 0 Å². The van der Waals surface area contributed by atoms with Crippen LogP contribution in [0, 0.1) is 6.92 Å². The van der Waals surface area contributed by atoms with E-state index in [9.17, 15) is 18.3 Å². The van der Waals surface area contributed by atoms with Crippen LogP contribution < -0.4 is 10.3 Å². The molecule has 0 unspecified atom stereocenters. The highest BCUT2D eigenvalue weighted by Gasteiger charge is 2.24. The van der Waals surface area contributed by atoms with Gasteiger partial charge in [-0.2, -0.15) is 4.98 Å². The first-order valence-electron chi connectivity index (χ1n) is 10.9. The highest BCUT2D eigenvalue weighted by atomic mass is 32.2. The summed E-state index contributed by atoms with van der Waals surface area (Å²) >= 11 is 0. The number of anilines is 1. The van der Waals surface area contributed by atoms with Crippen molar-refractivity contribution in [2.45, 2.75) is 52.5 Å². The topological polar surface area (TPSA) is 127 Å². The Bertz CT molecular complexity index is 1240. The number of hydrogen-bond donors (Lipinski definition) is 2. The molecule has 10 heteroatoms. The number of aromatic hydroxyl groups is 1. The van der Waals surface area contributed by atoms with Crippen LogP contribution in [-0.4, -0.2) is 38.8 Å². The van der Waals surface area contributed by atoms with E-state index in [-0.39, 0.29) is 12.2 Å². The van der Waals surface area contributed by atoms with Crippen LogP contribution in [0.2, 0.25) is 0 Å². The predicted octanol–water partition coefficient (Wildman–Crippen LogP) is 2.98. The number of nitrogens with one attached hydrogen (secondary N) is 1. The summed E-state index contributed by atoms with van der Waals surface area (Å²) in [6.45, 7) is 5.70. The van der Waals surface area contributed by atoms with Crippen LogP contribution in [0.25, 0.3) is 0 Å². The Kier molecular flexibility index (Phi) is 7.80. The molecule has 0 aliphatic carbocycles. The van der Waals surface area contributed by atoms with E-state index in [1.54, 1.807) is 12.4 Å². The van der Waals surface area contributed by atoms with Gasteiger partial charge in [0, 0.05) is 25.2 Å². The van der Waals surface area contributed by atoms with Crippen molar-refractivity contribution < 1.29 is 13.5 Å². The molecule has 0 fully saturated rings. The maximum atomic E-state index is 13.4. The smallest absolute Gasteiger partial charge is 0.282 e. The minimum absolute atomic E-state index is 0.0625. The number of aryl methyl sites for hydroxylation is 3. The van der Waals surface area contributed by atoms with Crippen molar-refractivity contribution in [1.29, 1.82) is 0 Å². The molecule has 0 radical (unpaired) electrons. The second-order valence-corrected chi connectivity index (χ2v) is 9.78. The fourth-order valence-electron chi connectivity index (χ4n) is 3.43. The van der Waals surface area contributed by atoms with Crippen molar-refractivity contribution in [2.75, 3.05) is 10.5 Å². The van der Waals surface area contributed by atoms with Gasteiger partial charge in [0.05, 0.1) is 11.8 Å². The van der Waals surface area contributed by atoms with Gasteiger partial charge in [0.1, 0.15) is 11.6 Å². The lowest BCUT2D eigenvalue weighted by Crippen LogP contribution is -2.32. The SMILES string of the molecule is CCCCc1nc(O)c(NS(=O)(=O)CCc2ncc(C)cn2)c(=O)n1[C@@H](C)c1ccccc1. The molecule has 33 heavy (non-hydrogen) atoms. The zero-order valence-electron chi connectivity index (χ0n) is 19.0. The second kappa shape index (κ2) is 10.6. The lowest BCUT2D eigenvalue weighted by molar-refractivity contribution is 0.437. The number of nitrogens with zero attached hydrogens (tertiary/aromatic N) is 4. The molecular weight excluding hydrogens is 442 g/mol. The van der Waals surface area contributed by atoms with Crippen molar-refractivity contribution >= 4 is 15.7 Å². The van der Waals surface area contributed by atoms with Gasteiger partial charge in [-0.05, 0) is 31.4 Å². The molecule has 0 aliphatic rings. The Hall–Kier alpha value is -3.27. The molecule has 0 aliphatic heterocycles. The minimum Gasteiger partial charge on any atom is -0.492 e. The van der Waals surface area contributed by atoms with Gasteiger partial charge >= 0.3 is 0 Å². The van der Waals surface area contributed by atoms with Crippen LogP contribution in [0.3, 0.4) is 0 Å². The third kappa shape index (κ3) is 6.16. The molecule has 9 nitrogen and oxygen atoms in total. The summed E-state index contributed by atoms with van der Waals surface area (Å²) < 4.78 is 29.1. The van der Waals surface area contributed by atoms with Crippen LogP contribution in [0.5, 0.6) is 5.88 Å². The number of benzene rings is 1. The molecular formula is C23H29N5O4S. The molecule has 3 aromatic rings. The maximum absolute atomic E-state index is 13.4. The fourth-order valence-corrected chi connectivity index (χ4v) is 4.47. The summed E-state index contributed by atoms with van der Waals surface area (Å²) in [7, 11) is -3.97. The highest BCUT2D eigenvalue weighted by molar-refractivity contribution is 7.92. The molecule has 0 spiro atoms. The number of rotatable bonds is 10.